The monoisotopic (exact) mass is 468 g/mol. The van der Waals surface area contributed by atoms with Gasteiger partial charge in [0.25, 0.3) is 10.0 Å². The Kier molecular flexibility index (Phi) is 5.86. The van der Waals surface area contributed by atoms with Crippen LogP contribution in [0.3, 0.4) is 0 Å². The fourth-order valence-corrected chi connectivity index (χ4v) is 5.48. The summed E-state index contributed by atoms with van der Waals surface area (Å²) >= 11 is 0. The van der Waals surface area contributed by atoms with Gasteiger partial charge in [0.05, 0.1) is 11.4 Å². The molecule has 33 heavy (non-hydrogen) atoms. The number of allylic oxidation sites excluding steroid dienone is 1. The van der Waals surface area contributed by atoms with Gasteiger partial charge in [-0.3, -0.25) is 23.6 Å². The first-order valence-corrected chi connectivity index (χ1v) is 11.6. The number of benzene rings is 2. The molecule has 4 rings (SSSR count). The molecule has 2 heterocycles. The molecule has 9 nitrogen and oxygen atoms in total. The minimum atomic E-state index is -4.14. The van der Waals surface area contributed by atoms with Crippen LogP contribution in [0.15, 0.2) is 65.2 Å². The number of amides is 2. The largest absolute Gasteiger partial charge is 0.422 e. The molecule has 2 aliphatic rings. The lowest BCUT2D eigenvalue weighted by Gasteiger charge is -2.32. The first-order chi connectivity index (χ1) is 15.7. The summed E-state index contributed by atoms with van der Waals surface area (Å²) in [6, 6.07) is 14.6. The maximum absolute atomic E-state index is 13.4. The fourth-order valence-electron chi connectivity index (χ4n) is 3.79. The van der Waals surface area contributed by atoms with Gasteiger partial charge in [0.15, 0.2) is 11.5 Å². The number of ether oxygens (including phenoxy) is 1. The van der Waals surface area contributed by atoms with Crippen molar-refractivity contribution >= 4 is 39.3 Å². The van der Waals surface area contributed by atoms with Crippen molar-refractivity contribution < 1.29 is 32.3 Å². The molecule has 0 bridgehead atoms. The van der Waals surface area contributed by atoms with Crippen LogP contribution >= 0.6 is 0 Å². The number of rotatable bonds is 6. The molecule has 2 aromatic carbocycles. The Hall–Kier alpha value is -3.79. The molecule has 0 saturated carbocycles. The van der Waals surface area contributed by atoms with E-state index in [-0.39, 0.29) is 41.3 Å². The Bertz CT molecular complexity index is 1280. The predicted molar refractivity (Wildman–Crippen MR) is 115 cm³/mol. The topological polar surface area (TPSA) is 118 Å². The molecule has 1 fully saturated rings. The number of esters is 1. The van der Waals surface area contributed by atoms with Gasteiger partial charge in [-0.2, -0.15) is 0 Å². The summed E-state index contributed by atoms with van der Waals surface area (Å²) in [6.45, 7) is 0.397. The highest BCUT2D eigenvalue weighted by atomic mass is 32.2. The van der Waals surface area contributed by atoms with Gasteiger partial charge in [-0.05, 0) is 17.7 Å². The standard InChI is InChI=1S/C23H20N2O7S/c1-15(26)22-23(32-21(29)14-24-19(27)11-12-20(24)28)17-9-5-6-10-18(17)33(30,31)25(22)13-16-7-3-2-4-8-16/h2-10H,11-14H2,1H3. The zero-order valence-corrected chi connectivity index (χ0v) is 18.5. The zero-order chi connectivity index (χ0) is 23.8. The molecule has 0 aliphatic carbocycles. The molecule has 0 N–H and O–H groups in total. The molecule has 0 spiro atoms. The second-order valence-corrected chi connectivity index (χ2v) is 9.41. The summed E-state index contributed by atoms with van der Waals surface area (Å²) < 4.78 is 33.2. The number of nitrogens with zero attached hydrogens (tertiary/aromatic N) is 2. The van der Waals surface area contributed by atoms with E-state index in [4.69, 9.17) is 4.74 Å². The van der Waals surface area contributed by atoms with E-state index >= 15 is 0 Å². The molecule has 10 heteroatoms. The van der Waals surface area contributed by atoms with E-state index in [0.717, 1.165) is 9.21 Å². The van der Waals surface area contributed by atoms with Crippen molar-refractivity contribution in [2.45, 2.75) is 31.2 Å². The third-order valence-corrected chi connectivity index (χ3v) is 7.13. The van der Waals surface area contributed by atoms with Gasteiger partial charge in [-0.1, -0.05) is 42.5 Å². The van der Waals surface area contributed by atoms with E-state index in [1.165, 1.54) is 25.1 Å². The van der Waals surface area contributed by atoms with Gasteiger partial charge in [0.1, 0.15) is 12.2 Å². The summed E-state index contributed by atoms with van der Waals surface area (Å²) in [6.07, 6.45) is 0.0267. The second kappa shape index (κ2) is 8.62. The Balaban J connectivity index is 1.79. The summed E-state index contributed by atoms with van der Waals surface area (Å²) in [4.78, 5) is 49.8. The van der Waals surface area contributed by atoms with E-state index < -0.39 is 40.1 Å². The third-order valence-electron chi connectivity index (χ3n) is 5.32. The number of carbonyl (C=O) groups is 4. The molecule has 0 aromatic heterocycles. The number of Topliss-reactive ketones (excluding diaryl/α,β-unsaturated/α-hetero) is 1. The van der Waals surface area contributed by atoms with Crippen LogP contribution in [-0.4, -0.2) is 47.7 Å². The molecular formula is C23H20N2O7S. The van der Waals surface area contributed by atoms with Crippen LogP contribution in [0.2, 0.25) is 0 Å². The van der Waals surface area contributed by atoms with Gasteiger partial charge in [-0.25, -0.2) is 13.2 Å². The number of carbonyl (C=O) groups excluding carboxylic acids is 4. The highest BCUT2D eigenvalue weighted by Crippen LogP contribution is 2.38. The van der Waals surface area contributed by atoms with Gasteiger partial charge in [-0.15, -0.1) is 0 Å². The van der Waals surface area contributed by atoms with Crippen molar-refractivity contribution in [3.63, 3.8) is 0 Å². The van der Waals surface area contributed by atoms with Gasteiger partial charge in [0, 0.05) is 25.3 Å². The molecule has 2 amide bonds. The average molecular weight is 468 g/mol. The summed E-state index contributed by atoms with van der Waals surface area (Å²) in [5.41, 5.74) is 0.377. The lowest BCUT2D eigenvalue weighted by Crippen LogP contribution is -2.39. The Morgan fingerprint density at radius 1 is 0.939 bits per heavy atom. The first kappa shape index (κ1) is 22.4. The SMILES string of the molecule is CC(=O)C1=C(OC(=O)CN2C(=O)CCC2=O)c2ccccc2S(=O)(=O)N1Cc1ccccc1. The summed E-state index contributed by atoms with van der Waals surface area (Å²) in [5.74, 6) is -2.79. The van der Waals surface area contributed by atoms with Gasteiger partial charge < -0.3 is 4.74 Å². The Morgan fingerprint density at radius 3 is 2.18 bits per heavy atom. The predicted octanol–water partition coefficient (Wildman–Crippen LogP) is 1.84. The summed E-state index contributed by atoms with van der Waals surface area (Å²) in [5, 5.41) is 0. The van der Waals surface area contributed by atoms with E-state index in [2.05, 4.69) is 0 Å². The van der Waals surface area contributed by atoms with Crippen LogP contribution in [0, 0.1) is 0 Å². The van der Waals surface area contributed by atoms with Gasteiger partial charge >= 0.3 is 5.97 Å². The van der Waals surface area contributed by atoms with Crippen molar-refractivity contribution in [2.75, 3.05) is 6.54 Å². The van der Waals surface area contributed by atoms with Crippen molar-refractivity contribution in [3.05, 3.63) is 71.4 Å². The minimum absolute atomic E-state index is 0.0133. The highest BCUT2D eigenvalue weighted by molar-refractivity contribution is 7.89. The van der Waals surface area contributed by atoms with Crippen molar-refractivity contribution in [1.29, 1.82) is 0 Å². The molecule has 2 aromatic rings. The lowest BCUT2D eigenvalue weighted by molar-refractivity contribution is -0.148. The van der Waals surface area contributed by atoms with Crippen LogP contribution in [0.25, 0.3) is 5.76 Å². The van der Waals surface area contributed by atoms with E-state index in [1.807, 2.05) is 0 Å². The van der Waals surface area contributed by atoms with E-state index in [9.17, 15) is 27.6 Å². The molecule has 2 aliphatic heterocycles. The van der Waals surface area contributed by atoms with Crippen LogP contribution in [0.5, 0.6) is 0 Å². The Labute approximate surface area is 190 Å². The number of hydrogen-bond acceptors (Lipinski definition) is 7. The first-order valence-electron chi connectivity index (χ1n) is 10.2. The maximum atomic E-state index is 13.4. The minimum Gasteiger partial charge on any atom is -0.422 e. The molecule has 1 saturated heterocycles. The molecular weight excluding hydrogens is 448 g/mol. The Morgan fingerprint density at radius 2 is 1.55 bits per heavy atom. The van der Waals surface area contributed by atoms with E-state index in [0.29, 0.717) is 5.56 Å². The third kappa shape index (κ3) is 4.17. The zero-order valence-electron chi connectivity index (χ0n) is 17.7. The molecule has 0 unspecified atom stereocenters. The number of likely N-dealkylation sites (tertiary alicyclic amines) is 1. The van der Waals surface area contributed by atoms with Crippen LogP contribution in [0.4, 0.5) is 0 Å². The van der Waals surface area contributed by atoms with Gasteiger partial charge in [0.2, 0.25) is 11.8 Å². The number of fused-ring (bicyclic) bond motifs is 1. The van der Waals surface area contributed by atoms with Crippen molar-refractivity contribution in [3.8, 4) is 0 Å². The van der Waals surface area contributed by atoms with Crippen LogP contribution < -0.4 is 0 Å². The average Bonchev–Trinajstić information content (AvgIpc) is 3.09. The fraction of sp³-hybridized carbons (Fsp3) is 0.217. The molecule has 0 radical (unpaired) electrons. The van der Waals surface area contributed by atoms with Crippen molar-refractivity contribution in [1.82, 2.24) is 9.21 Å². The normalized spacial score (nSPS) is 17.2. The molecule has 170 valence electrons. The number of sulfonamides is 1. The number of imide groups is 1. The number of ketones is 1. The van der Waals surface area contributed by atoms with Crippen molar-refractivity contribution in [2.24, 2.45) is 0 Å². The highest BCUT2D eigenvalue weighted by Gasteiger charge is 2.41. The second-order valence-electron chi connectivity index (χ2n) is 7.58. The summed E-state index contributed by atoms with van der Waals surface area (Å²) in [7, 11) is -4.14. The smallest absolute Gasteiger partial charge is 0.331 e. The van der Waals surface area contributed by atoms with Crippen LogP contribution in [0.1, 0.15) is 30.9 Å². The quantitative estimate of drug-likeness (QED) is 0.469. The van der Waals surface area contributed by atoms with Crippen LogP contribution in [-0.2, 0) is 40.5 Å². The molecule has 0 atom stereocenters. The van der Waals surface area contributed by atoms with E-state index in [1.54, 1.807) is 36.4 Å². The number of hydrogen-bond donors (Lipinski definition) is 0. The lowest BCUT2D eigenvalue weighted by atomic mass is 10.1. The maximum Gasteiger partial charge on any atom is 0.331 e.